The number of ether oxygens (including phenoxy) is 3. The minimum absolute atomic E-state index is 0.0427. The van der Waals surface area contributed by atoms with E-state index in [0.29, 0.717) is 11.3 Å². The number of hydrogen-bond acceptors (Lipinski definition) is 7. The van der Waals surface area contributed by atoms with Gasteiger partial charge in [0.05, 0.1) is 32.5 Å². The van der Waals surface area contributed by atoms with Gasteiger partial charge in [0, 0.05) is 5.56 Å². The molecule has 0 bridgehead atoms. The third-order valence-corrected chi connectivity index (χ3v) is 7.02. The Morgan fingerprint density at radius 3 is 2.33 bits per heavy atom. The number of hydrogen-bond donors (Lipinski definition) is 0. The summed E-state index contributed by atoms with van der Waals surface area (Å²) in [4.78, 5) is 46.9. The van der Waals surface area contributed by atoms with Gasteiger partial charge in [0.15, 0.2) is 0 Å². The fourth-order valence-electron chi connectivity index (χ4n) is 5.32. The fourth-order valence-corrected chi connectivity index (χ4v) is 5.32. The number of para-hydroxylation sites is 1. The van der Waals surface area contributed by atoms with Crippen molar-refractivity contribution in [2.24, 2.45) is 4.99 Å². The van der Waals surface area contributed by atoms with Crippen molar-refractivity contribution in [3.05, 3.63) is 76.9 Å². The molecular weight excluding hydrogens is 460 g/mol. The van der Waals surface area contributed by atoms with Crippen LogP contribution in [0.25, 0.3) is 0 Å². The number of esters is 2. The molecule has 1 amide bonds. The average molecular weight is 489 g/mol. The van der Waals surface area contributed by atoms with Crippen LogP contribution >= 0.6 is 0 Å². The molecule has 0 N–H and O–H groups in total. The van der Waals surface area contributed by atoms with Crippen LogP contribution in [0, 0.1) is 0 Å². The van der Waals surface area contributed by atoms with Crippen LogP contribution in [0.15, 0.2) is 70.7 Å². The van der Waals surface area contributed by atoms with Crippen molar-refractivity contribution in [3.8, 4) is 0 Å². The van der Waals surface area contributed by atoms with Gasteiger partial charge in [-0.15, -0.1) is 0 Å². The van der Waals surface area contributed by atoms with E-state index in [2.05, 4.69) is 0 Å². The summed E-state index contributed by atoms with van der Waals surface area (Å²) >= 11 is 0. The number of methoxy groups -OCH3 is 2. The van der Waals surface area contributed by atoms with E-state index in [4.69, 9.17) is 19.2 Å². The van der Waals surface area contributed by atoms with Crippen LogP contribution in [0.5, 0.6) is 0 Å². The lowest BCUT2D eigenvalue weighted by Gasteiger charge is -2.26. The highest BCUT2D eigenvalue weighted by atomic mass is 16.6. The molecule has 1 fully saturated rings. The number of fused-ring (bicyclic) bond motifs is 2. The maximum Gasteiger partial charge on any atom is 0.344 e. The topological polar surface area (TPSA) is 94.5 Å². The van der Waals surface area contributed by atoms with E-state index in [-0.39, 0.29) is 29.6 Å². The number of rotatable bonds is 5. The molecule has 1 atom stereocenters. The zero-order valence-corrected chi connectivity index (χ0v) is 20.4. The number of anilines is 1. The van der Waals surface area contributed by atoms with Gasteiger partial charge in [0.2, 0.25) is 11.5 Å². The second kappa shape index (κ2) is 9.60. The summed E-state index contributed by atoms with van der Waals surface area (Å²) in [5.41, 5.74) is -0.282. The third-order valence-electron chi connectivity index (χ3n) is 7.02. The predicted molar refractivity (Wildman–Crippen MR) is 132 cm³/mol. The molecule has 2 aromatic rings. The van der Waals surface area contributed by atoms with Crippen LogP contribution in [-0.2, 0) is 40.7 Å². The molecule has 1 spiro atoms. The van der Waals surface area contributed by atoms with Gasteiger partial charge in [-0.1, -0.05) is 67.8 Å². The zero-order chi connectivity index (χ0) is 25.3. The van der Waals surface area contributed by atoms with Crippen LogP contribution in [0.2, 0.25) is 0 Å². The Balaban J connectivity index is 1.70. The van der Waals surface area contributed by atoms with Crippen LogP contribution in [0.1, 0.15) is 43.2 Å². The monoisotopic (exact) mass is 488 g/mol. The molecule has 0 radical (unpaired) electrons. The standard InChI is InChI=1S/C28H28N2O6/c1-34-25(31)22-23(26(32)35-2)28(36-24(22)29-19-13-7-4-8-14-19)20-15-9-10-16-21(20)30(27(28)33)17-18-11-5-3-6-12-18/h3,5-6,9-12,15-16,19H,4,7-8,13-14,17H2,1-2H3. The minimum Gasteiger partial charge on any atom is -0.466 e. The first-order valence-electron chi connectivity index (χ1n) is 12.1. The Morgan fingerprint density at radius 2 is 1.64 bits per heavy atom. The lowest BCUT2D eigenvalue weighted by Crippen LogP contribution is -2.44. The molecule has 186 valence electrons. The summed E-state index contributed by atoms with van der Waals surface area (Å²) in [5, 5.41) is 0. The first-order chi connectivity index (χ1) is 17.5. The molecule has 0 aromatic heterocycles. The fraction of sp³-hybridized carbons (Fsp3) is 0.357. The van der Waals surface area contributed by atoms with Crippen molar-refractivity contribution in [1.29, 1.82) is 0 Å². The van der Waals surface area contributed by atoms with Gasteiger partial charge in [-0.25, -0.2) is 14.6 Å². The van der Waals surface area contributed by atoms with E-state index in [9.17, 15) is 14.4 Å². The molecular formula is C28H28N2O6. The van der Waals surface area contributed by atoms with E-state index >= 15 is 0 Å². The Hall–Kier alpha value is -3.94. The van der Waals surface area contributed by atoms with Crippen LogP contribution in [0.4, 0.5) is 5.69 Å². The smallest absolute Gasteiger partial charge is 0.344 e. The summed E-state index contributed by atoms with van der Waals surface area (Å²) in [6.45, 7) is 0.263. The van der Waals surface area contributed by atoms with Crippen LogP contribution < -0.4 is 4.90 Å². The van der Waals surface area contributed by atoms with Gasteiger partial charge in [0.25, 0.3) is 5.91 Å². The molecule has 1 aliphatic carbocycles. The number of nitrogens with zero attached hydrogens (tertiary/aromatic N) is 2. The zero-order valence-electron chi connectivity index (χ0n) is 20.4. The molecule has 36 heavy (non-hydrogen) atoms. The number of amides is 1. The van der Waals surface area contributed by atoms with Crippen LogP contribution in [-0.4, -0.2) is 44.0 Å². The van der Waals surface area contributed by atoms with Crippen molar-refractivity contribution >= 4 is 29.4 Å². The van der Waals surface area contributed by atoms with Gasteiger partial charge < -0.3 is 19.1 Å². The first-order valence-corrected chi connectivity index (χ1v) is 12.1. The molecule has 2 heterocycles. The summed E-state index contributed by atoms with van der Waals surface area (Å²) in [5.74, 6) is -2.16. The van der Waals surface area contributed by atoms with E-state index in [1.165, 1.54) is 14.2 Å². The average Bonchev–Trinajstić information content (AvgIpc) is 3.37. The Kier molecular flexibility index (Phi) is 6.35. The first kappa shape index (κ1) is 23.8. The molecule has 3 aliphatic rings. The molecule has 1 unspecified atom stereocenters. The highest BCUT2D eigenvalue weighted by Crippen LogP contribution is 2.52. The van der Waals surface area contributed by atoms with Crippen molar-refractivity contribution < 1.29 is 28.6 Å². The second-order valence-electron chi connectivity index (χ2n) is 9.14. The van der Waals surface area contributed by atoms with E-state index in [1.54, 1.807) is 23.1 Å². The number of carbonyl (C=O) groups excluding carboxylic acids is 3. The molecule has 1 saturated carbocycles. The summed E-state index contributed by atoms with van der Waals surface area (Å²) in [6, 6.07) is 16.6. The summed E-state index contributed by atoms with van der Waals surface area (Å²) < 4.78 is 16.5. The number of carbonyl (C=O) groups is 3. The van der Waals surface area contributed by atoms with Crippen molar-refractivity contribution in [2.45, 2.75) is 50.3 Å². The Morgan fingerprint density at radius 1 is 0.972 bits per heavy atom. The normalized spacial score (nSPS) is 22.7. The SMILES string of the molecule is COC(=O)C1=C(C(=O)OC)C2(OC1=NC1CCCCC1)C(=O)N(Cc1ccccc1)c1ccccc12. The molecule has 5 rings (SSSR count). The van der Waals surface area contributed by atoms with Crippen molar-refractivity contribution in [2.75, 3.05) is 19.1 Å². The molecule has 8 nitrogen and oxygen atoms in total. The van der Waals surface area contributed by atoms with Gasteiger partial charge in [-0.05, 0) is 24.5 Å². The largest absolute Gasteiger partial charge is 0.466 e. The third kappa shape index (κ3) is 3.77. The van der Waals surface area contributed by atoms with Crippen LogP contribution in [0.3, 0.4) is 0 Å². The lowest BCUT2D eigenvalue weighted by atomic mass is 9.86. The van der Waals surface area contributed by atoms with E-state index < -0.39 is 23.4 Å². The predicted octanol–water partition coefficient (Wildman–Crippen LogP) is 3.83. The van der Waals surface area contributed by atoms with Crippen molar-refractivity contribution in [3.63, 3.8) is 0 Å². The van der Waals surface area contributed by atoms with Gasteiger partial charge in [0.1, 0.15) is 11.1 Å². The molecule has 2 aliphatic heterocycles. The molecule has 8 heteroatoms. The highest BCUT2D eigenvalue weighted by molar-refractivity contribution is 6.29. The van der Waals surface area contributed by atoms with Gasteiger partial charge in [-0.2, -0.15) is 0 Å². The van der Waals surface area contributed by atoms with E-state index in [0.717, 1.165) is 37.7 Å². The number of benzene rings is 2. The minimum atomic E-state index is -1.89. The van der Waals surface area contributed by atoms with Gasteiger partial charge in [-0.3, -0.25) is 4.79 Å². The highest BCUT2D eigenvalue weighted by Gasteiger charge is 2.64. The maximum atomic E-state index is 14.3. The Bertz CT molecular complexity index is 1260. The number of aliphatic imine (C=N–C) groups is 1. The Labute approximate surface area is 209 Å². The quantitative estimate of drug-likeness (QED) is 0.594. The van der Waals surface area contributed by atoms with E-state index in [1.807, 2.05) is 36.4 Å². The summed E-state index contributed by atoms with van der Waals surface area (Å²) in [6.07, 6.45) is 4.83. The van der Waals surface area contributed by atoms with Crippen molar-refractivity contribution in [1.82, 2.24) is 0 Å². The van der Waals surface area contributed by atoms with Gasteiger partial charge >= 0.3 is 11.9 Å². The second-order valence-corrected chi connectivity index (χ2v) is 9.14. The summed E-state index contributed by atoms with van der Waals surface area (Å²) in [7, 11) is 2.43. The lowest BCUT2D eigenvalue weighted by molar-refractivity contribution is -0.143. The molecule has 2 aromatic carbocycles. The molecule has 0 saturated heterocycles. The maximum absolute atomic E-state index is 14.3.